The van der Waals surface area contributed by atoms with Crippen LogP contribution in [0.3, 0.4) is 0 Å². The number of aryl methyl sites for hydroxylation is 1. The van der Waals surface area contributed by atoms with Crippen LogP contribution < -0.4 is 16.7 Å². The number of rotatable bonds is 6. The number of fused-ring (bicyclic) bond motifs is 1. The Morgan fingerprint density at radius 2 is 1.93 bits per heavy atom. The van der Waals surface area contributed by atoms with Crippen LogP contribution in [0.5, 0.6) is 0 Å². The first-order valence-corrected chi connectivity index (χ1v) is 9.10. The number of hydrogen-bond donors (Lipinski definition) is 1. The standard InChI is InChI=1S/C18H18ClN7O4/c1-11(19)8-9-25-14-15(23(2)18(28)24(3)16(14)27)21-17(25)22-20-10-12-4-6-13(7-5-12)26(29)30/h4-8,10H,9H2,1-3H3,(H,21,22)/b11-8-,20-10-. The number of nitrogens with one attached hydrogen (secondary N) is 1. The highest BCUT2D eigenvalue weighted by Crippen LogP contribution is 2.17. The summed E-state index contributed by atoms with van der Waals surface area (Å²) in [6.07, 6.45) is 3.14. The second-order valence-electron chi connectivity index (χ2n) is 6.43. The minimum absolute atomic E-state index is 0.0260. The van der Waals surface area contributed by atoms with Crippen molar-refractivity contribution in [2.24, 2.45) is 19.2 Å². The van der Waals surface area contributed by atoms with E-state index < -0.39 is 16.2 Å². The van der Waals surface area contributed by atoms with E-state index in [0.29, 0.717) is 10.6 Å². The van der Waals surface area contributed by atoms with Crippen LogP contribution in [0.15, 0.2) is 50.1 Å². The smallest absolute Gasteiger partial charge is 0.299 e. The third kappa shape index (κ3) is 4.01. The second kappa shape index (κ2) is 8.33. The molecule has 0 atom stereocenters. The molecule has 156 valence electrons. The molecule has 0 aliphatic heterocycles. The van der Waals surface area contributed by atoms with Gasteiger partial charge >= 0.3 is 5.69 Å². The molecule has 0 aliphatic carbocycles. The van der Waals surface area contributed by atoms with Gasteiger partial charge < -0.3 is 0 Å². The SMILES string of the molecule is C/C(Cl)=C/Cn1c(N/N=C\c2ccc([N+](=O)[O-])cc2)nc2c1c(=O)n(C)c(=O)n2C. The van der Waals surface area contributed by atoms with Gasteiger partial charge in [-0.05, 0) is 24.6 Å². The van der Waals surface area contributed by atoms with Crippen molar-refractivity contribution in [2.45, 2.75) is 13.5 Å². The van der Waals surface area contributed by atoms with Gasteiger partial charge in [0.2, 0.25) is 5.95 Å². The van der Waals surface area contributed by atoms with Crippen molar-refractivity contribution < 1.29 is 4.92 Å². The second-order valence-corrected chi connectivity index (χ2v) is 7.03. The molecule has 30 heavy (non-hydrogen) atoms. The normalized spacial score (nSPS) is 12.1. The maximum atomic E-state index is 12.7. The molecule has 0 amide bonds. The molecule has 1 aromatic carbocycles. The van der Waals surface area contributed by atoms with Gasteiger partial charge in [-0.2, -0.15) is 10.1 Å². The summed E-state index contributed by atoms with van der Waals surface area (Å²) in [6.45, 7) is 1.93. The number of anilines is 1. The minimum Gasteiger partial charge on any atom is -0.299 e. The highest BCUT2D eigenvalue weighted by molar-refractivity contribution is 6.29. The molecule has 0 spiro atoms. The molecule has 2 heterocycles. The number of nitro groups is 1. The monoisotopic (exact) mass is 431 g/mol. The fraction of sp³-hybridized carbons (Fsp3) is 0.222. The number of aromatic nitrogens is 4. The first kappa shape index (κ1) is 21.0. The molecule has 0 saturated carbocycles. The molecule has 0 bridgehead atoms. The van der Waals surface area contributed by atoms with E-state index in [2.05, 4.69) is 15.5 Å². The predicted octanol–water partition coefficient (Wildman–Crippen LogP) is 1.93. The Bertz CT molecular complexity index is 1300. The fourth-order valence-corrected chi connectivity index (χ4v) is 2.84. The number of imidazole rings is 1. The van der Waals surface area contributed by atoms with Crippen LogP contribution in [0.25, 0.3) is 11.2 Å². The van der Waals surface area contributed by atoms with E-state index in [4.69, 9.17) is 11.6 Å². The molecule has 0 aliphatic rings. The summed E-state index contributed by atoms with van der Waals surface area (Å²) in [6, 6.07) is 5.82. The molecule has 3 aromatic rings. The summed E-state index contributed by atoms with van der Waals surface area (Å²) in [5.41, 5.74) is 2.79. The lowest BCUT2D eigenvalue weighted by molar-refractivity contribution is -0.384. The van der Waals surface area contributed by atoms with Crippen molar-refractivity contribution in [3.05, 3.63) is 71.9 Å². The van der Waals surface area contributed by atoms with Crippen molar-refractivity contribution in [1.29, 1.82) is 0 Å². The zero-order valence-electron chi connectivity index (χ0n) is 16.4. The highest BCUT2D eigenvalue weighted by atomic mass is 35.5. The Hall–Kier alpha value is -3.73. The number of hydrogen-bond acceptors (Lipinski definition) is 7. The number of halogens is 1. The lowest BCUT2D eigenvalue weighted by atomic mass is 10.2. The molecule has 11 nitrogen and oxygen atoms in total. The number of nitrogens with zero attached hydrogens (tertiary/aromatic N) is 6. The third-order valence-corrected chi connectivity index (χ3v) is 4.54. The Labute approximate surface area is 174 Å². The largest absolute Gasteiger partial charge is 0.332 e. The lowest BCUT2D eigenvalue weighted by Crippen LogP contribution is -2.37. The lowest BCUT2D eigenvalue weighted by Gasteiger charge is -2.06. The number of hydrazone groups is 1. The van der Waals surface area contributed by atoms with Gasteiger partial charge in [0.05, 0.1) is 11.1 Å². The van der Waals surface area contributed by atoms with Crippen molar-refractivity contribution in [1.82, 2.24) is 18.7 Å². The van der Waals surface area contributed by atoms with Gasteiger partial charge in [0.15, 0.2) is 11.2 Å². The molecule has 0 unspecified atom stereocenters. The van der Waals surface area contributed by atoms with Crippen molar-refractivity contribution >= 4 is 40.6 Å². The van der Waals surface area contributed by atoms with Crippen LogP contribution in [-0.2, 0) is 20.6 Å². The summed E-state index contributed by atoms with van der Waals surface area (Å²) < 4.78 is 3.84. The maximum absolute atomic E-state index is 12.7. The van der Waals surface area contributed by atoms with E-state index in [1.165, 1.54) is 37.0 Å². The predicted molar refractivity (Wildman–Crippen MR) is 114 cm³/mol. The highest BCUT2D eigenvalue weighted by Gasteiger charge is 2.18. The Morgan fingerprint density at radius 3 is 2.53 bits per heavy atom. The zero-order valence-corrected chi connectivity index (χ0v) is 17.1. The van der Waals surface area contributed by atoms with Gasteiger partial charge in [0.25, 0.3) is 11.2 Å². The van der Waals surface area contributed by atoms with E-state index >= 15 is 0 Å². The van der Waals surface area contributed by atoms with Gasteiger partial charge in [0, 0.05) is 37.8 Å². The van der Waals surface area contributed by atoms with Crippen LogP contribution in [0.4, 0.5) is 11.6 Å². The van der Waals surface area contributed by atoms with Crippen molar-refractivity contribution in [3.63, 3.8) is 0 Å². The van der Waals surface area contributed by atoms with E-state index in [-0.39, 0.29) is 29.3 Å². The first-order valence-electron chi connectivity index (χ1n) is 8.72. The Morgan fingerprint density at radius 1 is 1.27 bits per heavy atom. The molecule has 12 heteroatoms. The van der Waals surface area contributed by atoms with Crippen molar-refractivity contribution in [2.75, 3.05) is 5.43 Å². The molecule has 2 aromatic heterocycles. The van der Waals surface area contributed by atoms with Crippen LogP contribution in [-0.4, -0.2) is 29.8 Å². The topological polar surface area (TPSA) is 129 Å². The molecule has 3 rings (SSSR count). The van der Waals surface area contributed by atoms with Gasteiger partial charge in [0.1, 0.15) is 0 Å². The summed E-state index contributed by atoms with van der Waals surface area (Å²) in [5, 5.41) is 15.4. The van der Waals surface area contributed by atoms with Gasteiger partial charge in [-0.3, -0.25) is 28.6 Å². The van der Waals surface area contributed by atoms with Crippen LogP contribution in [0.2, 0.25) is 0 Å². The van der Waals surface area contributed by atoms with Crippen LogP contribution in [0, 0.1) is 10.1 Å². The molecular formula is C18H18ClN7O4. The van der Waals surface area contributed by atoms with Crippen LogP contribution in [0.1, 0.15) is 12.5 Å². The number of nitro benzene ring substituents is 1. The van der Waals surface area contributed by atoms with Gasteiger partial charge in [-0.15, -0.1) is 0 Å². The quantitative estimate of drug-likeness (QED) is 0.360. The van der Waals surface area contributed by atoms with E-state index in [1.54, 1.807) is 29.7 Å². The maximum Gasteiger partial charge on any atom is 0.332 e. The van der Waals surface area contributed by atoms with Gasteiger partial charge in [-0.25, -0.2) is 10.2 Å². The number of non-ortho nitro benzene ring substituents is 1. The molecule has 1 N–H and O–H groups in total. The first-order chi connectivity index (χ1) is 14.2. The summed E-state index contributed by atoms with van der Waals surface area (Å²) >= 11 is 5.94. The average Bonchev–Trinajstić information content (AvgIpc) is 3.08. The summed E-state index contributed by atoms with van der Waals surface area (Å²) in [5.74, 6) is 0.232. The van der Waals surface area contributed by atoms with Crippen molar-refractivity contribution in [3.8, 4) is 0 Å². The molecule has 0 radical (unpaired) electrons. The average molecular weight is 432 g/mol. The van der Waals surface area contributed by atoms with Gasteiger partial charge in [-0.1, -0.05) is 17.7 Å². The zero-order chi connectivity index (χ0) is 22.0. The summed E-state index contributed by atoms with van der Waals surface area (Å²) in [7, 11) is 2.91. The van der Waals surface area contributed by atoms with E-state index in [9.17, 15) is 19.7 Å². The van der Waals surface area contributed by atoms with E-state index in [0.717, 1.165) is 4.57 Å². The summed E-state index contributed by atoms with van der Waals surface area (Å²) in [4.78, 5) is 39.5. The third-order valence-electron chi connectivity index (χ3n) is 4.39. The fourth-order valence-electron chi connectivity index (χ4n) is 2.77. The van der Waals surface area contributed by atoms with Crippen LogP contribution >= 0.6 is 11.6 Å². The molecule has 0 saturated heterocycles. The number of allylic oxidation sites excluding steroid dienone is 2. The molecule has 0 fully saturated rings. The number of benzene rings is 1. The Kier molecular flexibility index (Phi) is 5.83. The minimum atomic E-state index is -0.498. The molecular weight excluding hydrogens is 414 g/mol. The van der Waals surface area contributed by atoms with E-state index in [1.807, 2.05) is 0 Å². The Balaban J connectivity index is 2.03.